The Morgan fingerprint density at radius 1 is 1.17 bits per heavy atom. The second kappa shape index (κ2) is 2.91. The van der Waals surface area contributed by atoms with Crippen LogP contribution in [0.3, 0.4) is 0 Å². The van der Waals surface area contributed by atoms with Crippen molar-refractivity contribution in [1.29, 1.82) is 0 Å². The molecule has 5 nitrogen and oxygen atoms in total. The molecule has 0 aliphatic carbocycles. The zero-order valence-corrected chi connectivity index (χ0v) is 6.12. The standard InChI is InChI=1S/C7H3N2O3/c1-9-6(3-11)5(2-10)8-7(9)4-12/h1H3. The Balaban J connectivity index is 3.30. The highest BCUT2D eigenvalue weighted by Crippen LogP contribution is 2.19. The Morgan fingerprint density at radius 3 is 2.17 bits per heavy atom. The summed E-state index contributed by atoms with van der Waals surface area (Å²) < 4.78 is 0. The highest BCUT2D eigenvalue weighted by Gasteiger charge is 2.28. The van der Waals surface area contributed by atoms with Gasteiger partial charge in [-0.25, -0.2) is 19.7 Å². The van der Waals surface area contributed by atoms with Gasteiger partial charge in [-0.2, -0.15) is 0 Å². The Morgan fingerprint density at radius 2 is 1.83 bits per heavy atom. The van der Waals surface area contributed by atoms with Crippen molar-refractivity contribution >= 4 is 17.8 Å². The Labute approximate surface area is 67.6 Å². The molecule has 0 atom stereocenters. The molecule has 1 aliphatic heterocycles. The Bertz CT molecular complexity index is 366. The molecule has 1 rings (SSSR count). The van der Waals surface area contributed by atoms with Crippen molar-refractivity contribution < 1.29 is 14.4 Å². The van der Waals surface area contributed by atoms with Crippen LogP contribution < -0.4 is 5.32 Å². The SMILES string of the molecule is CN1C(=C=O)[N]C(=C=O)C1=C=O. The van der Waals surface area contributed by atoms with Gasteiger partial charge in [-0.3, -0.25) is 0 Å². The smallest absolute Gasteiger partial charge is 0.221 e. The molecule has 1 fully saturated rings. The van der Waals surface area contributed by atoms with Gasteiger partial charge in [-0.15, -0.1) is 0 Å². The van der Waals surface area contributed by atoms with Crippen molar-refractivity contribution in [3.05, 3.63) is 17.2 Å². The van der Waals surface area contributed by atoms with Gasteiger partial charge in [-0.05, 0) is 0 Å². The first-order valence-corrected chi connectivity index (χ1v) is 2.95. The molecule has 59 valence electrons. The molecule has 5 heteroatoms. The molecule has 0 unspecified atom stereocenters. The maximum absolute atomic E-state index is 10.2. The summed E-state index contributed by atoms with van der Waals surface area (Å²) >= 11 is 0. The van der Waals surface area contributed by atoms with E-state index in [-0.39, 0.29) is 17.2 Å². The third kappa shape index (κ3) is 0.965. The minimum absolute atomic E-state index is 0.0941. The molecule has 0 spiro atoms. The van der Waals surface area contributed by atoms with Gasteiger partial charge in [0.05, 0.1) is 0 Å². The molecule has 1 aliphatic rings. The lowest BCUT2D eigenvalue weighted by atomic mass is 10.4. The van der Waals surface area contributed by atoms with Crippen molar-refractivity contribution in [2.24, 2.45) is 0 Å². The van der Waals surface area contributed by atoms with Crippen molar-refractivity contribution in [3.63, 3.8) is 0 Å². The van der Waals surface area contributed by atoms with Gasteiger partial charge in [-0.1, -0.05) is 0 Å². The van der Waals surface area contributed by atoms with Crippen LogP contribution in [0, 0.1) is 0 Å². The van der Waals surface area contributed by atoms with E-state index in [4.69, 9.17) is 0 Å². The van der Waals surface area contributed by atoms with Crippen molar-refractivity contribution in [2.45, 2.75) is 0 Å². The molecule has 0 aromatic rings. The first-order valence-electron chi connectivity index (χ1n) is 2.95. The molecule has 0 aromatic heterocycles. The molecule has 0 bridgehead atoms. The quantitative estimate of drug-likeness (QED) is 0.413. The predicted octanol–water partition coefficient (Wildman–Crippen LogP) is -1.36. The maximum atomic E-state index is 10.2. The second-order valence-corrected chi connectivity index (χ2v) is 2.00. The van der Waals surface area contributed by atoms with Crippen LogP contribution in [0.1, 0.15) is 0 Å². The third-order valence-electron chi connectivity index (χ3n) is 1.38. The summed E-state index contributed by atoms with van der Waals surface area (Å²) in [4.78, 5) is 31.7. The second-order valence-electron chi connectivity index (χ2n) is 2.00. The largest absolute Gasteiger partial charge is 0.308 e. The monoisotopic (exact) mass is 163 g/mol. The normalized spacial score (nSPS) is 15.1. The third-order valence-corrected chi connectivity index (χ3v) is 1.38. The summed E-state index contributed by atoms with van der Waals surface area (Å²) in [7, 11) is 1.41. The lowest BCUT2D eigenvalue weighted by Crippen LogP contribution is -2.11. The fourth-order valence-corrected chi connectivity index (χ4v) is 0.778. The van der Waals surface area contributed by atoms with E-state index in [1.54, 1.807) is 0 Å². The van der Waals surface area contributed by atoms with Gasteiger partial charge >= 0.3 is 0 Å². The van der Waals surface area contributed by atoms with E-state index < -0.39 is 0 Å². The first kappa shape index (κ1) is 8.05. The van der Waals surface area contributed by atoms with Gasteiger partial charge in [0.1, 0.15) is 0 Å². The van der Waals surface area contributed by atoms with Crippen LogP contribution in [0.4, 0.5) is 0 Å². The van der Waals surface area contributed by atoms with E-state index in [0.717, 1.165) is 4.90 Å². The highest BCUT2D eigenvalue weighted by molar-refractivity contribution is 5.75. The Hall–Kier alpha value is -2.05. The molecule has 1 radical (unpaired) electrons. The van der Waals surface area contributed by atoms with Crippen LogP contribution >= 0.6 is 0 Å². The van der Waals surface area contributed by atoms with Crippen LogP contribution in [0.15, 0.2) is 17.2 Å². The summed E-state index contributed by atoms with van der Waals surface area (Å²) in [5.74, 6) is 4.25. The molecule has 1 heterocycles. The summed E-state index contributed by atoms with van der Waals surface area (Å²) in [6.45, 7) is 0. The number of hydrogen-bond acceptors (Lipinski definition) is 4. The molecule has 1 saturated heterocycles. The summed E-state index contributed by atoms with van der Waals surface area (Å²) in [5.41, 5.74) is -0.311. The highest BCUT2D eigenvalue weighted by atomic mass is 16.1. The Kier molecular flexibility index (Phi) is 1.95. The van der Waals surface area contributed by atoms with Crippen LogP contribution in [-0.2, 0) is 14.4 Å². The fourth-order valence-electron chi connectivity index (χ4n) is 0.778. The number of rotatable bonds is 0. The molecule has 12 heavy (non-hydrogen) atoms. The topological polar surface area (TPSA) is 68.6 Å². The lowest BCUT2D eigenvalue weighted by Gasteiger charge is -2.03. The molecule has 0 N–H and O–H groups in total. The van der Waals surface area contributed by atoms with Crippen LogP contribution in [0.25, 0.3) is 0 Å². The van der Waals surface area contributed by atoms with E-state index in [9.17, 15) is 14.4 Å². The summed E-state index contributed by atoms with van der Waals surface area (Å²) in [6.07, 6.45) is 0. The average Bonchev–Trinajstić information content (AvgIpc) is 2.41. The minimum Gasteiger partial charge on any atom is -0.308 e. The number of hydrogen-bond donors (Lipinski definition) is 0. The lowest BCUT2D eigenvalue weighted by molar-refractivity contribution is 0.521. The number of carbonyl (C=O) groups excluding carboxylic acids is 3. The molecular formula is C7H3N2O3. The zero-order valence-electron chi connectivity index (χ0n) is 6.12. The van der Waals surface area contributed by atoms with Gasteiger partial charge in [0.15, 0.2) is 29.2 Å². The van der Waals surface area contributed by atoms with Crippen molar-refractivity contribution in [2.75, 3.05) is 7.05 Å². The summed E-state index contributed by atoms with van der Waals surface area (Å²) in [6, 6.07) is 0. The maximum Gasteiger partial charge on any atom is 0.221 e. The van der Waals surface area contributed by atoms with Crippen LogP contribution in [0.5, 0.6) is 0 Å². The van der Waals surface area contributed by atoms with Crippen molar-refractivity contribution in [3.8, 4) is 0 Å². The van der Waals surface area contributed by atoms with E-state index in [0.29, 0.717) is 0 Å². The molecule has 0 aromatic carbocycles. The predicted molar refractivity (Wildman–Crippen MR) is 37.5 cm³/mol. The van der Waals surface area contributed by atoms with Gasteiger partial charge in [0.2, 0.25) is 5.82 Å². The van der Waals surface area contributed by atoms with E-state index in [1.165, 1.54) is 24.9 Å². The minimum atomic E-state index is -0.217. The van der Waals surface area contributed by atoms with Gasteiger partial charge in [0.25, 0.3) is 0 Å². The first-order chi connectivity index (χ1) is 5.74. The zero-order chi connectivity index (χ0) is 9.14. The van der Waals surface area contributed by atoms with Crippen molar-refractivity contribution in [1.82, 2.24) is 10.2 Å². The summed E-state index contributed by atoms with van der Waals surface area (Å²) in [5, 5.41) is 3.47. The van der Waals surface area contributed by atoms with Crippen LogP contribution in [-0.4, -0.2) is 29.8 Å². The number of likely N-dealkylation sites (N-methyl/N-ethyl adjacent to an activating group) is 1. The fraction of sp³-hybridized carbons (Fsp3) is 0.143. The molecule has 0 amide bonds. The van der Waals surface area contributed by atoms with Crippen LogP contribution in [0.2, 0.25) is 0 Å². The number of nitrogens with zero attached hydrogens (tertiary/aromatic N) is 2. The van der Waals surface area contributed by atoms with Gasteiger partial charge in [0, 0.05) is 7.05 Å². The van der Waals surface area contributed by atoms with E-state index in [2.05, 4.69) is 5.32 Å². The van der Waals surface area contributed by atoms with E-state index in [1.807, 2.05) is 0 Å². The van der Waals surface area contributed by atoms with Gasteiger partial charge < -0.3 is 4.90 Å². The molecular weight excluding hydrogens is 160 g/mol. The molecule has 0 saturated carbocycles. The van der Waals surface area contributed by atoms with E-state index >= 15 is 0 Å². The average molecular weight is 163 g/mol.